The average molecular weight is 262 g/mol. The van der Waals surface area contributed by atoms with Gasteiger partial charge in [-0.15, -0.1) is 0 Å². The number of para-hydroxylation sites is 2. The Bertz CT molecular complexity index is 458. The molecule has 3 rings (SSSR count). The van der Waals surface area contributed by atoms with E-state index in [1.54, 1.807) is 0 Å². The summed E-state index contributed by atoms with van der Waals surface area (Å²) >= 11 is 0. The van der Waals surface area contributed by atoms with Gasteiger partial charge in [-0.2, -0.15) is 0 Å². The summed E-state index contributed by atoms with van der Waals surface area (Å²) in [6.45, 7) is 1.87. The molecule has 2 aliphatic heterocycles. The van der Waals surface area contributed by atoms with Gasteiger partial charge < -0.3 is 20.1 Å². The molecule has 0 bridgehead atoms. The molecule has 0 aromatic heterocycles. The lowest BCUT2D eigenvalue weighted by molar-refractivity contribution is -0.123. The van der Waals surface area contributed by atoms with E-state index in [1.807, 2.05) is 24.3 Å². The van der Waals surface area contributed by atoms with Crippen LogP contribution in [0.5, 0.6) is 11.5 Å². The Morgan fingerprint density at radius 3 is 3.00 bits per heavy atom. The van der Waals surface area contributed by atoms with Crippen LogP contribution in [-0.4, -0.2) is 37.7 Å². The van der Waals surface area contributed by atoms with Gasteiger partial charge in [-0.3, -0.25) is 4.79 Å². The molecular formula is C14H18N2O3. The first-order valence-corrected chi connectivity index (χ1v) is 6.72. The molecule has 5 heteroatoms. The van der Waals surface area contributed by atoms with E-state index in [0.29, 0.717) is 13.2 Å². The zero-order valence-electron chi connectivity index (χ0n) is 10.7. The van der Waals surface area contributed by atoms with Crippen molar-refractivity contribution in [2.75, 3.05) is 19.7 Å². The van der Waals surface area contributed by atoms with Crippen molar-refractivity contribution < 1.29 is 14.3 Å². The largest absolute Gasteiger partial charge is 0.486 e. The third kappa shape index (κ3) is 2.81. The van der Waals surface area contributed by atoms with Crippen molar-refractivity contribution in [2.45, 2.75) is 25.0 Å². The molecule has 2 N–H and O–H groups in total. The lowest BCUT2D eigenvalue weighted by Crippen LogP contribution is -2.46. The third-order valence-electron chi connectivity index (χ3n) is 3.45. The van der Waals surface area contributed by atoms with Crippen molar-refractivity contribution >= 4 is 5.91 Å². The standard InChI is InChI=1S/C14H18N2O3/c17-14(11-4-3-7-15-11)16-8-10-9-18-12-5-1-2-6-13(12)19-10/h1-2,5-6,10-11,15H,3-4,7-9H2,(H,16,17)/t10?,11-/m0/s1. The van der Waals surface area contributed by atoms with E-state index in [4.69, 9.17) is 9.47 Å². The number of hydrogen-bond donors (Lipinski definition) is 2. The molecule has 1 fully saturated rings. The van der Waals surface area contributed by atoms with Gasteiger partial charge in [0.05, 0.1) is 12.6 Å². The van der Waals surface area contributed by atoms with Crippen LogP contribution in [0.2, 0.25) is 0 Å². The number of carbonyl (C=O) groups is 1. The van der Waals surface area contributed by atoms with Crippen LogP contribution in [0.15, 0.2) is 24.3 Å². The summed E-state index contributed by atoms with van der Waals surface area (Å²) in [4.78, 5) is 11.9. The van der Waals surface area contributed by atoms with Gasteiger partial charge >= 0.3 is 0 Å². The quantitative estimate of drug-likeness (QED) is 0.841. The molecule has 1 aromatic rings. The van der Waals surface area contributed by atoms with Crippen LogP contribution in [0, 0.1) is 0 Å². The average Bonchev–Trinajstić information content (AvgIpc) is 2.99. The highest BCUT2D eigenvalue weighted by atomic mass is 16.6. The summed E-state index contributed by atoms with van der Waals surface area (Å²) in [5.41, 5.74) is 0. The maximum atomic E-state index is 11.9. The van der Waals surface area contributed by atoms with E-state index in [0.717, 1.165) is 30.9 Å². The molecule has 5 nitrogen and oxygen atoms in total. The minimum Gasteiger partial charge on any atom is -0.486 e. The Labute approximate surface area is 112 Å². The molecule has 1 saturated heterocycles. The highest BCUT2D eigenvalue weighted by molar-refractivity contribution is 5.82. The van der Waals surface area contributed by atoms with E-state index in [9.17, 15) is 4.79 Å². The molecule has 102 valence electrons. The zero-order chi connectivity index (χ0) is 13.1. The van der Waals surface area contributed by atoms with Crippen molar-refractivity contribution in [3.63, 3.8) is 0 Å². The second-order valence-corrected chi connectivity index (χ2v) is 4.89. The Hall–Kier alpha value is -1.75. The summed E-state index contributed by atoms with van der Waals surface area (Å²) in [6, 6.07) is 7.53. The Balaban J connectivity index is 1.50. The number of hydrogen-bond acceptors (Lipinski definition) is 4. The summed E-state index contributed by atoms with van der Waals surface area (Å²) in [5.74, 6) is 1.56. The molecular weight excluding hydrogens is 244 g/mol. The molecule has 2 atom stereocenters. The maximum Gasteiger partial charge on any atom is 0.237 e. The van der Waals surface area contributed by atoms with Crippen LogP contribution in [0.3, 0.4) is 0 Å². The first kappa shape index (κ1) is 12.3. The number of rotatable bonds is 3. The molecule has 1 aromatic carbocycles. The van der Waals surface area contributed by atoms with Crippen molar-refractivity contribution in [3.8, 4) is 11.5 Å². The second-order valence-electron chi connectivity index (χ2n) is 4.89. The van der Waals surface area contributed by atoms with E-state index in [1.165, 1.54) is 0 Å². The van der Waals surface area contributed by atoms with Crippen LogP contribution >= 0.6 is 0 Å². The zero-order valence-corrected chi connectivity index (χ0v) is 10.7. The van der Waals surface area contributed by atoms with Crippen molar-refractivity contribution in [1.82, 2.24) is 10.6 Å². The predicted octanol–water partition coefficient (Wildman–Crippen LogP) is 0.695. The first-order valence-electron chi connectivity index (χ1n) is 6.72. The van der Waals surface area contributed by atoms with Gasteiger partial charge in [0.1, 0.15) is 12.7 Å². The highest BCUT2D eigenvalue weighted by Crippen LogP contribution is 2.30. The maximum absolute atomic E-state index is 11.9. The third-order valence-corrected chi connectivity index (χ3v) is 3.45. The summed E-state index contributed by atoms with van der Waals surface area (Å²) in [5, 5.41) is 6.09. The summed E-state index contributed by atoms with van der Waals surface area (Å²) in [7, 11) is 0. The lowest BCUT2D eigenvalue weighted by Gasteiger charge is -2.26. The number of ether oxygens (including phenoxy) is 2. The number of nitrogens with one attached hydrogen (secondary N) is 2. The molecule has 0 saturated carbocycles. The number of benzene rings is 1. The first-order chi connectivity index (χ1) is 9.33. The topological polar surface area (TPSA) is 59.6 Å². The van der Waals surface area contributed by atoms with Crippen LogP contribution in [0.25, 0.3) is 0 Å². The highest BCUT2D eigenvalue weighted by Gasteiger charge is 2.25. The van der Waals surface area contributed by atoms with Gasteiger partial charge in [-0.25, -0.2) is 0 Å². The molecule has 0 spiro atoms. The molecule has 2 aliphatic rings. The number of fused-ring (bicyclic) bond motifs is 1. The van der Waals surface area contributed by atoms with Gasteiger partial charge in [-0.1, -0.05) is 12.1 Å². The monoisotopic (exact) mass is 262 g/mol. The smallest absolute Gasteiger partial charge is 0.237 e. The molecule has 19 heavy (non-hydrogen) atoms. The normalized spacial score (nSPS) is 25.1. The number of amides is 1. The van der Waals surface area contributed by atoms with Crippen LogP contribution in [0.4, 0.5) is 0 Å². The van der Waals surface area contributed by atoms with Crippen LogP contribution < -0.4 is 20.1 Å². The van der Waals surface area contributed by atoms with Gasteiger partial charge in [0, 0.05) is 0 Å². The van der Waals surface area contributed by atoms with Gasteiger partial charge in [0.15, 0.2) is 11.5 Å². The van der Waals surface area contributed by atoms with E-state index in [2.05, 4.69) is 10.6 Å². The minimum atomic E-state index is -0.125. The van der Waals surface area contributed by atoms with Gasteiger partial charge in [-0.05, 0) is 31.5 Å². The second kappa shape index (κ2) is 5.48. The molecule has 0 aliphatic carbocycles. The molecule has 0 radical (unpaired) electrons. The summed E-state index contributed by atoms with van der Waals surface area (Å²) < 4.78 is 11.4. The van der Waals surface area contributed by atoms with E-state index < -0.39 is 0 Å². The fourth-order valence-corrected chi connectivity index (χ4v) is 2.41. The van der Waals surface area contributed by atoms with E-state index >= 15 is 0 Å². The lowest BCUT2D eigenvalue weighted by atomic mass is 10.2. The Kier molecular flexibility index (Phi) is 3.55. The van der Waals surface area contributed by atoms with Gasteiger partial charge in [0.25, 0.3) is 0 Å². The van der Waals surface area contributed by atoms with Crippen LogP contribution in [0.1, 0.15) is 12.8 Å². The Morgan fingerprint density at radius 2 is 2.21 bits per heavy atom. The van der Waals surface area contributed by atoms with Crippen LogP contribution in [-0.2, 0) is 4.79 Å². The Morgan fingerprint density at radius 1 is 1.37 bits per heavy atom. The van der Waals surface area contributed by atoms with Crippen molar-refractivity contribution in [3.05, 3.63) is 24.3 Å². The fourth-order valence-electron chi connectivity index (χ4n) is 2.41. The molecule has 2 heterocycles. The molecule has 1 unspecified atom stereocenters. The van der Waals surface area contributed by atoms with Crippen molar-refractivity contribution in [1.29, 1.82) is 0 Å². The molecule has 1 amide bonds. The summed E-state index contributed by atoms with van der Waals surface area (Å²) in [6.07, 6.45) is 1.85. The number of carbonyl (C=O) groups excluding carboxylic acids is 1. The van der Waals surface area contributed by atoms with Crippen molar-refractivity contribution in [2.24, 2.45) is 0 Å². The minimum absolute atomic E-state index is 0.0446. The van der Waals surface area contributed by atoms with Gasteiger partial charge in [0.2, 0.25) is 5.91 Å². The SMILES string of the molecule is O=C(NCC1COc2ccccc2O1)[C@@H]1CCCN1. The fraction of sp³-hybridized carbons (Fsp3) is 0.500. The predicted molar refractivity (Wildman–Crippen MR) is 70.4 cm³/mol. The van der Waals surface area contributed by atoms with E-state index in [-0.39, 0.29) is 18.1 Å².